The lowest BCUT2D eigenvalue weighted by Crippen LogP contribution is -2.53. The number of anilines is 1. The largest absolute Gasteiger partial charge is 0.368 e. The number of fused-ring (bicyclic) bond motifs is 1. The molecule has 0 aliphatic carbocycles. The molecule has 0 radical (unpaired) electrons. The van der Waals surface area contributed by atoms with Gasteiger partial charge in [0.1, 0.15) is 4.90 Å². The van der Waals surface area contributed by atoms with Crippen molar-refractivity contribution in [1.29, 1.82) is 0 Å². The number of piperazine rings is 1. The van der Waals surface area contributed by atoms with Gasteiger partial charge in [-0.05, 0) is 49.2 Å². The molecule has 1 amide bonds. The van der Waals surface area contributed by atoms with Gasteiger partial charge in [-0.25, -0.2) is 0 Å². The number of carbonyl (C=O) groups is 1. The topological polar surface area (TPSA) is 73.3 Å². The summed E-state index contributed by atoms with van der Waals surface area (Å²) in [6, 6.07) is 14.7. The van der Waals surface area contributed by atoms with Crippen LogP contribution >= 0.6 is 11.6 Å². The Balaban J connectivity index is 1.25. The summed E-state index contributed by atoms with van der Waals surface area (Å²) in [7, 11) is -3.66. The van der Waals surface area contributed by atoms with E-state index in [2.05, 4.69) is 9.30 Å². The fourth-order valence-corrected chi connectivity index (χ4v) is 6.14. The van der Waals surface area contributed by atoms with E-state index in [1.165, 1.54) is 0 Å². The molecule has 2 aromatic rings. The molecule has 32 heavy (non-hydrogen) atoms. The van der Waals surface area contributed by atoms with E-state index in [4.69, 9.17) is 11.6 Å². The smallest absolute Gasteiger partial charge is 0.285 e. The van der Waals surface area contributed by atoms with Gasteiger partial charge in [0.2, 0.25) is 5.91 Å². The Morgan fingerprint density at radius 2 is 1.66 bits per heavy atom. The summed E-state index contributed by atoms with van der Waals surface area (Å²) < 4.78 is 28.9. The summed E-state index contributed by atoms with van der Waals surface area (Å²) in [5.74, 6) is 0.481. The average molecular weight is 473 g/mol. The summed E-state index contributed by atoms with van der Waals surface area (Å²) in [5, 5.41) is 0.715. The van der Waals surface area contributed by atoms with Crippen LogP contribution < -0.4 is 4.90 Å². The molecule has 5 rings (SSSR count). The Bertz CT molecular complexity index is 1160. The van der Waals surface area contributed by atoms with Gasteiger partial charge >= 0.3 is 0 Å². The molecule has 3 heterocycles. The van der Waals surface area contributed by atoms with Crippen LogP contribution in [0.5, 0.6) is 0 Å². The normalized spacial score (nSPS) is 22.5. The fraction of sp³-hybridized carbons (Fsp3) is 0.391. The van der Waals surface area contributed by atoms with Crippen LogP contribution in [0.2, 0.25) is 5.02 Å². The predicted octanol–water partition coefficient (Wildman–Crippen LogP) is 2.85. The summed E-state index contributed by atoms with van der Waals surface area (Å²) in [5.41, 5.74) is 1.75. The van der Waals surface area contributed by atoms with Crippen molar-refractivity contribution in [2.45, 2.75) is 17.7 Å². The summed E-state index contributed by atoms with van der Waals surface area (Å²) in [4.78, 5) is 19.7. The van der Waals surface area contributed by atoms with Gasteiger partial charge in [0.05, 0.1) is 5.92 Å². The fourth-order valence-electron chi connectivity index (χ4n) is 4.78. The van der Waals surface area contributed by atoms with Crippen LogP contribution in [0.25, 0.3) is 0 Å². The second-order valence-corrected chi connectivity index (χ2v) is 10.5. The Hall–Kier alpha value is -2.58. The van der Waals surface area contributed by atoms with E-state index in [0.29, 0.717) is 42.6 Å². The first kappa shape index (κ1) is 21.3. The van der Waals surface area contributed by atoms with E-state index in [1.807, 2.05) is 40.1 Å². The second-order valence-electron chi connectivity index (χ2n) is 8.46. The summed E-state index contributed by atoms with van der Waals surface area (Å²) in [6.45, 7) is 4.12. The minimum Gasteiger partial charge on any atom is -0.368 e. The molecular formula is C23H25ClN4O3S. The number of benzene rings is 2. The van der Waals surface area contributed by atoms with Gasteiger partial charge in [-0.3, -0.25) is 4.79 Å². The molecule has 0 saturated carbocycles. The lowest BCUT2D eigenvalue weighted by atomic mass is 9.95. The van der Waals surface area contributed by atoms with Crippen molar-refractivity contribution < 1.29 is 13.2 Å². The van der Waals surface area contributed by atoms with E-state index < -0.39 is 10.0 Å². The quantitative estimate of drug-likeness (QED) is 0.672. The molecule has 2 aromatic carbocycles. The molecule has 0 spiro atoms. The highest BCUT2D eigenvalue weighted by Gasteiger charge is 2.36. The van der Waals surface area contributed by atoms with E-state index >= 15 is 0 Å². The number of hydrogen-bond acceptors (Lipinski definition) is 5. The molecular weight excluding hydrogens is 448 g/mol. The van der Waals surface area contributed by atoms with Crippen molar-refractivity contribution in [3.05, 3.63) is 59.1 Å². The molecule has 7 nitrogen and oxygen atoms in total. The number of halogens is 1. The van der Waals surface area contributed by atoms with Crippen LogP contribution in [-0.2, 0) is 14.8 Å². The van der Waals surface area contributed by atoms with Crippen LogP contribution in [0.1, 0.15) is 18.4 Å². The number of likely N-dealkylation sites (tertiary alicyclic amines) is 1. The lowest BCUT2D eigenvalue weighted by molar-refractivity contribution is -0.137. The molecule has 1 atom stereocenters. The van der Waals surface area contributed by atoms with Crippen LogP contribution in [-0.4, -0.2) is 69.2 Å². The van der Waals surface area contributed by atoms with E-state index in [9.17, 15) is 13.2 Å². The Morgan fingerprint density at radius 1 is 0.938 bits per heavy atom. The van der Waals surface area contributed by atoms with Gasteiger partial charge in [-0.1, -0.05) is 23.7 Å². The molecule has 2 saturated heterocycles. The zero-order chi connectivity index (χ0) is 22.3. The Morgan fingerprint density at radius 3 is 2.41 bits per heavy atom. The maximum atomic E-state index is 13.3. The number of carbonyl (C=O) groups excluding carboxylic acids is 1. The maximum absolute atomic E-state index is 13.3. The van der Waals surface area contributed by atoms with Gasteiger partial charge < -0.3 is 14.7 Å². The second kappa shape index (κ2) is 8.41. The third-order valence-corrected chi connectivity index (χ3v) is 8.04. The maximum Gasteiger partial charge on any atom is 0.285 e. The molecule has 9 heteroatoms. The molecule has 168 valence electrons. The van der Waals surface area contributed by atoms with Crippen molar-refractivity contribution in [1.82, 2.24) is 9.80 Å². The number of hydrogen-bond donors (Lipinski definition) is 0. The van der Waals surface area contributed by atoms with Crippen molar-refractivity contribution >= 4 is 39.1 Å². The highest BCUT2D eigenvalue weighted by Crippen LogP contribution is 2.30. The first-order chi connectivity index (χ1) is 15.4. The minimum absolute atomic E-state index is 0.149. The van der Waals surface area contributed by atoms with Gasteiger partial charge in [-0.2, -0.15) is 8.42 Å². The standard InChI is InChI=1S/C23H25ClN4O3S/c24-18-7-9-19(10-8-18)26-12-14-27(15-13-26)23(29)17-4-3-11-28(16-17)22-20-5-1-2-6-21(20)32(30,31)25-22/h1-2,5-10,17H,3-4,11-16H2. The number of sulfonamides is 1. The highest BCUT2D eigenvalue weighted by atomic mass is 35.5. The molecule has 1 unspecified atom stereocenters. The lowest BCUT2D eigenvalue weighted by Gasteiger charge is -2.40. The molecule has 2 fully saturated rings. The van der Waals surface area contributed by atoms with E-state index in [1.54, 1.807) is 18.2 Å². The van der Waals surface area contributed by atoms with Gasteiger partial charge in [0.15, 0.2) is 5.84 Å². The van der Waals surface area contributed by atoms with Gasteiger partial charge in [-0.15, -0.1) is 4.40 Å². The van der Waals surface area contributed by atoms with Crippen LogP contribution in [0, 0.1) is 5.92 Å². The summed E-state index contributed by atoms with van der Waals surface area (Å²) >= 11 is 5.99. The van der Waals surface area contributed by atoms with E-state index in [0.717, 1.165) is 31.6 Å². The number of piperidine rings is 1. The van der Waals surface area contributed by atoms with Crippen molar-refractivity contribution in [2.75, 3.05) is 44.2 Å². The zero-order valence-electron chi connectivity index (χ0n) is 17.7. The highest BCUT2D eigenvalue weighted by molar-refractivity contribution is 7.90. The monoisotopic (exact) mass is 472 g/mol. The minimum atomic E-state index is -3.66. The molecule has 3 aliphatic heterocycles. The average Bonchev–Trinajstić information content (AvgIpc) is 3.10. The number of rotatable bonds is 2. The van der Waals surface area contributed by atoms with Gasteiger partial charge in [0, 0.05) is 55.5 Å². The number of amides is 1. The third-order valence-electron chi connectivity index (χ3n) is 6.47. The molecule has 0 N–H and O–H groups in total. The first-order valence-corrected chi connectivity index (χ1v) is 12.7. The zero-order valence-corrected chi connectivity index (χ0v) is 19.2. The molecule has 3 aliphatic rings. The summed E-state index contributed by atoms with van der Waals surface area (Å²) in [6.07, 6.45) is 1.65. The van der Waals surface area contributed by atoms with Crippen LogP contribution in [0.4, 0.5) is 5.69 Å². The van der Waals surface area contributed by atoms with Crippen molar-refractivity contribution in [2.24, 2.45) is 10.3 Å². The van der Waals surface area contributed by atoms with Crippen LogP contribution in [0.3, 0.4) is 0 Å². The number of nitrogens with zero attached hydrogens (tertiary/aromatic N) is 4. The molecule has 0 aromatic heterocycles. The Kier molecular flexibility index (Phi) is 5.59. The third kappa shape index (κ3) is 3.97. The first-order valence-electron chi connectivity index (χ1n) is 10.9. The van der Waals surface area contributed by atoms with E-state index in [-0.39, 0.29) is 16.7 Å². The van der Waals surface area contributed by atoms with Crippen molar-refractivity contribution in [3.63, 3.8) is 0 Å². The number of amidine groups is 1. The molecule has 0 bridgehead atoms. The predicted molar refractivity (Wildman–Crippen MR) is 125 cm³/mol. The van der Waals surface area contributed by atoms with Gasteiger partial charge in [0.25, 0.3) is 10.0 Å². The van der Waals surface area contributed by atoms with Crippen molar-refractivity contribution in [3.8, 4) is 0 Å². The Labute approximate surface area is 193 Å². The van der Waals surface area contributed by atoms with Crippen LogP contribution in [0.15, 0.2) is 57.8 Å². The SMILES string of the molecule is O=C(C1CCCN(C2=NS(=O)(=O)c3ccccc32)C1)N1CCN(c2ccc(Cl)cc2)CC1.